The molecule has 0 bridgehead atoms. The smallest absolute Gasteiger partial charge is 0.293 e. The molecule has 0 saturated carbocycles. The normalized spacial score (nSPS) is 18.2. The minimum absolute atomic E-state index is 0.290. The lowest BCUT2D eigenvalue weighted by Crippen LogP contribution is -2.30. The summed E-state index contributed by atoms with van der Waals surface area (Å²) in [5, 5.41) is 0. The van der Waals surface area contributed by atoms with Crippen LogP contribution in [0.15, 0.2) is 121 Å². The summed E-state index contributed by atoms with van der Waals surface area (Å²) < 4.78 is 38.2. The van der Waals surface area contributed by atoms with E-state index in [0.717, 1.165) is 23.0 Å². The van der Waals surface area contributed by atoms with Crippen LogP contribution >= 0.6 is 16.8 Å². The molecule has 39 heavy (non-hydrogen) atoms. The fourth-order valence-electron chi connectivity index (χ4n) is 4.09. The first-order valence-corrected chi connectivity index (χ1v) is 15.6. The third-order valence-electron chi connectivity index (χ3n) is 5.74. The van der Waals surface area contributed by atoms with Crippen LogP contribution in [0.4, 0.5) is 0 Å². The molecule has 0 radical (unpaired) electrons. The maximum atomic E-state index is 6.40. The van der Waals surface area contributed by atoms with E-state index in [1.807, 2.05) is 135 Å². The van der Waals surface area contributed by atoms with Gasteiger partial charge in [0.25, 0.3) is 16.8 Å². The maximum Gasteiger partial charge on any atom is 0.293 e. The van der Waals surface area contributed by atoms with Crippen LogP contribution < -0.4 is 18.1 Å². The van der Waals surface area contributed by atoms with Crippen LogP contribution in [0.5, 0.6) is 23.0 Å². The van der Waals surface area contributed by atoms with E-state index in [9.17, 15) is 0 Å². The van der Waals surface area contributed by atoms with Crippen molar-refractivity contribution in [3.8, 4) is 23.0 Å². The van der Waals surface area contributed by atoms with Gasteiger partial charge in [0.05, 0.1) is 24.5 Å². The average molecular weight is 563 g/mol. The summed E-state index contributed by atoms with van der Waals surface area (Å²) >= 11 is 0. The Morgan fingerprint density at radius 3 is 1.00 bits per heavy atom. The van der Waals surface area contributed by atoms with Crippen LogP contribution in [0.25, 0.3) is 0 Å². The van der Waals surface area contributed by atoms with Crippen molar-refractivity contribution in [1.82, 2.24) is 0 Å². The van der Waals surface area contributed by atoms with Gasteiger partial charge in [-0.3, -0.25) is 0 Å². The molecule has 0 aromatic heterocycles. The predicted octanol–water partition coefficient (Wildman–Crippen LogP) is 8.45. The Kier molecular flexibility index (Phi) is 9.34. The lowest BCUT2D eigenvalue weighted by molar-refractivity contribution is -0.142. The topological polar surface area (TPSA) is 55.4 Å². The number of ether oxygens (including phenoxy) is 2. The highest BCUT2D eigenvalue weighted by atomic mass is 31.2. The fraction of sp³-hybridized carbons (Fsp3) is 0.226. The second-order valence-electron chi connectivity index (χ2n) is 9.36. The first kappa shape index (κ1) is 27.4. The Morgan fingerprint density at radius 2 is 0.744 bits per heavy atom. The molecule has 8 heteroatoms. The van der Waals surface area contributed by atoms with Crippen LogP contribution in [0.2, 0.25) is 0 Å². The van der Waals surface area contributed by atoms with Crippen LogP contribution in [-0.4, -0.2) is 30.3 Å². The van der Waals surface area contributed by atoms with Gasteiger partial charge in [-0.1, -0.05) is 72.8 Å². The zero-order valence-electron chi connectivity index (χ0n) is 22.0. The van der Waals surface area contributed by atoms with Crippen molar-refractivity contribution in [1.29, 1.82) is 0 Å². The van der Waals surface area contributed by atoms with Gasteiger partial charge in [0.2, 0.25) is 0 Å². The monoisotopic (exact) mass is 562 g/mol. The van der Waals surface area contributed by atoms with Gasteiger partial charge in [0, 0.05) is 0 Å². The van der Waals surface area contributed by atoms with E-state index < -0.39 is 22.5 Å². The van der Waals surface area contributed by atoms with Crippen LogP contribution in [-0.2, 0) is 9.47 Å². The van der Waals surface area contributed by atoms with Gasteiger partial charge in [0.15, 0.2) is 5.79 Å². The first-order valence-electron chi connectivity index (χ1n) is 12.9. The van der Waals surface area contributed by atoms with Crippen molar-refractivity contribution in [3.05, 3.63) is 121 Å². The molecule has 6 nitrogen and oxygen atoms in total. The second kappa shape index (κ2) is 13.3. The lowest BCUT2D eigenvalue weighted by Gasteiger charge is -2.25. The largest absolute Gasteiger partial charge is 0.439 e. The standard InChI is InChI=1S/C31H32O6P2/c1-31(2)32-29(23-38(34-25-15-7-3-8-16-25)35-26-17-9-4-10-18-26)30(33-31)24-39(36-27-19-11-5-12-20-27)37-28-21-13-6-14-22-28/h3-22,29-30H,23-24H2,1-2H3/t29-,30-/m0/s1. The van der Waals surface area contributed by atoms with Crippen molar-refractivity contribution < 1.29 is 27.6 Å². The van der Waals surface area contributed by atoms with E-state index in [2.05, 4.69) is 0 Å². The quantitative estimate of drug-likeness (QED) is 0.162. The van der Waals surface area contributed by atoms with Gasteiger partial charge < -0.3 is 27.6 Å². The molecule has 1 aliphatic rings. The van der Waals surface area contributed by atoms with Crippen LogP contribution in [0, 0.1) is 0 Å². The van der Waals surface area contributed by atoms with E-state index >= 15 is 0 Å². The molecule has 0 unspecified atom stereocenters. The number of para-hydroxylation sites is 4. The molecule has 5 rings (SSSR count). The van der Waals surface area contributed by atoms with E-state index in [4.69, 9.17) is 27.6 Å². The van der Waals surface area contributed by atoms with Crippen molar-refractivity contribution in [2.75, 3.05) is 12.3 Å². The number of benzene rings is 4. The van der Waals surface area contributed by atoms with E-state index in [1.54, 1.807) is 0 Å². The Morgan fingerprint density at radius 1 is 0.487 bits per heavy atom. The second-order valence-corrected chi connectivity index (χ2v) is 12.2. The van der Waals surface area contributed by atoms with Gasteiger partial charge in [-0.2, -0.15) is 0 Å². The molecular weight excluding hydrogens is 530 g/mol. The van der Waals surface area contributed by atoms with Crippen LogP contribution in [0.1, 0.15) is 13.8 Å². The third kappa shape index (κ3) is 8.42. The van der Waals surface area contributed by atoms with Crippen LogP contribution in [0.3, 0.4) is 0 Å². The van der Waals surface area contributed by atoms with Gasteiger partial charge >= 0.3 is 0 Å². The minimum atomic E-state index is -1.39. The maximum absolute atomic E-state index is 6.40. The Bertz CT molecular complexity index is 1080. The molecule has 0 spiro atoms. The highest BCUT2D eigenvalue weighted by Gasteiger charge is 2.45. The van der Waals surface area contributed by atoms with E-state index in [1.165, 1.54) is 0 Å². The summed E-state index contributed by atoms with van der Waals surface area (Å²) in [6.45, 7) is 3.85. The molecule has 1 aliphatic heterocycles. The lowest BCUT2D eigenvalue weighted by atomic mass is 10.3. The van der Waals surface area contributed by atoms with Gasteiger partial charge in [-0.25, -0.2) is 0 Å². The Labute approximate surface area is 232 Å². The van der Waals surface area contributed by atoms with E-state index in [0.29, 0.717) is 12.3 Å². The van der Waals surface area contributed by atoms with Crippen molar-refractivity contribution >= 4 is 16.8 Å². The van der Waals surface area contributed by atoms with Crippen molar-refractivity contribution in [2.45, 2.75) is 31.8 Å². The van der Waals surface area contributed by atoms with Gasteiger partial charge in [0.1, 0.15) is 23.0 Å². The van der Waals surface area contributed by atoms with Crippen molar-refractivity contribution in [3.63, 3.8) is 0 Å². The highest BCUT2D eigenvalue weighted by Crippen LogP contribution is 2.48. The summed E-state index contributed by atoms with van der Waals surface area (Å²) in [6.07, 6.45) is 0.435. The molecule has 1 heterocycles. The minimum Gasteiger partial charge on any atom is -0.439 e. The Balaban J connectivity index is 1.35. The molecule has 2 atom stereocenters. The molecule has 1 fully saturated rings. The molecule has 1 saturated heterocycles. The molecular formula is C31H32O6P2. The summed E-state index contributed by atoms with van der Waals surface area (Å²) in [5.41, 5.74) is 0. The number of hydrogen-bond donors (Lipinski definition) is 0. The summed E-state index contributed by atoms with van der Waals surface area (Å²) in [7, 11) is -2.79. The van der Waals surface area contributed by atoms with Crippen molar-refractivity contribution in [2.24, 2.45) is 0 Å². The van der Waals surface area contributed by atoms with E-state index in [-0.39, 0.29) is 12.2 Å². The van der Waals surface area contributed by atoms with Gasteiger partial charge in [-0.15, -0.1) is 0 Å². The summed E-state index contributed by atoms with van der Waals surface area (Å²) in [5.74, 6) is 2.22. The highest BCUT2D eigenvalue weighted by molar-refractivity contribution is 7.48. The number of rotatable bonds is 12. The molecule has 4 aromatic rings. The third-order valence-corrected chi connectivity index (χ3v) is 8.72. The summed E-state index contributed by atoms with van der Waals surface area (Å²) in [6, 6.07) is 38.8. The molecule has 0 aliphatic carbocycles. The fourth-order valence-corrected chi connectivity index (χ4v) is 7.10. The zero-order valence-corrected chi connectivity index (χ0v) is 23.7. The molecule has 0 N–H and O–H groups in total. The zero-order chi connectivity index (χ0) is 26.9. The molecule has 0 amide bonds. The summed E-state index contributed by atoms with van der Waals surface area (Å²) in [4.78, 5) is 0. The molecule has 202 valence electrons. The Hall–Kier alpha value is -3.14. The predicted molar refractivity (Wildman–Crippen MR) is 156 cm³/mol. The average Bonchev–Trinajstić information content (AvgIpc) is 3.23. The molecule has 4 aromatic carbocycles. The SMILES string of the molecule is CC1(C)O[C@@H](CP(Oc2ccccc2)Oc2ccccc2)[C@H](CP(Oc2ccccc2)Oc2ccccc2)O1. The van der Waals surface area contributed by atoms with Gasteiger partial charge in [-0.05, 0) is 62.4 Å². The number of hydrogen-bond acceptors (Lipinski definition) is 6. The first-order chi connectivity index (χ1) is 19.0.